The van der Waals surface area contributed by atoms with E-state index in [4.69, 9.17) is 5.26 Å². The summed E-state index contributed by atoms with van der Waals surface area (Å²) in [4.78, 5) is 25.6. The molecule has 29 heavy (non-hydrogen) atoms. The van der Waals surface area contributed by atoms with Gasteiger partial charge in [0, 0.05) is 24.4 Å². The Morgan fingerprint density at radius 2 is 1.72 bits per heavy atom. The monoisotopic (exact) mass is 384 g/mol. The van der Waals surface area contributed by atoms with Crippen molar-refractivity contribution >= 4 is 28.2 Å². The molecule has 3 aromatic rings. The van der Waals surface area contributed by atoms with Crippen molar-refractivity contribution in [2.24, 2.45) is 11.8 Å². The average molecular weight is 384 g/mol. The summed E-state index contributed by atoms with van der Waals surface area (Å²) >= 11 is 0. The number of rotatable bonds is 7. The molecule has 1 amide bonds. The van der Waals surface area contributed by atoms with Crippen molar-refractivity contribution in [3.63, 3.8) is 0 Å². The van der Waals surface area contributed by atoms with Crippen LogP contribution >= 0.6 is 0 Å². The van der Waals surface area contributed by atoms with Gasteiger partial charge in [-0.1, -0.05) is 62.4 Å². The maximum atomic E-state index is 12.8. The summed E-state index contributed by atoms with van der Waals surface area (Å²) in [7, 11) is 0. The first kappa shape index (κ1) is 20.3. The molecule has 4 heteroatoms. The fourth-order valence-corrected chi connectivity index (χ4v) is 3.51. The van der Waals surface area contributed by atoms with E-state index in [-0.39, 0.29) is 24.0 Å². The molecule has 0 spiro atoms. The summed E-state index contributed by atoms with van der Waals surface area (Å²) in [5.41, 5.74) is 2.04. The summed E-state index contributed by atoms with van der Waals surface area (Å²) in [6.45, 7) is 3.89. The van der Waals surface area contributed by atoms with E-state index < -0.39 is 5.92 Å². The van der Waals surface area contributed by atoms with Gasteiger partial charge in [0.1, 0.15) is 5.78 Å². The van der Waals surface area contributed by atoms with Crippen LogP contribution in [-0.2, 0) is 16.0 Å². The van der Waals surface area contributed by atoms with Gasteiger partial charge in [-0.3, -0.25) is 9.59 Å². The Labute approximate surface area is 171 Å². The van der Waals surface area contributed by atoms with Crippen molar-refractivity contribution in [3.05, 3.63) is 77.9 Å². The number of hydrogen-bond donors (Lipinski definition) is 1. The zero-order valence-corrected chi connectivity index (χ0v) is 16.7. The summed E-state index contributed by atoms with van der Waals surface area (Å²) in [5.74, 6) is -0.559. The number of amides is 1. The van der Waals surface area contributed by atoms with Crippen LogP contribution in [0.3, 0.4) is 0 Å². The molecule has 0 heterocycles. The third-order valence-electron chi connectivity index (χ3n) is 5.12. The molecule has 0 fully saturated rings. The van der Waals surface area contributed by atoms with E-state index in [0.717, 1.165) is 16.3 Å². The van der Waals surface area contributed by atoms with Crippen LogP contribution in [0.15, 0.2) is 66.7 Å². The third kappa shape index (κ3) is 5.08. The van der Waals surface area contributed by atoms with Crippen LogP contribution in [0.2, 0.25) is 0 Å². The van der Waals surface area contributed by atoms with Crippen molar-refractivity contribution in [1.29, 1.82) is 5.26 Å². The number of nitriles is 1. The molecule has 0 aromatic heterocycles. The van der Waals surface area contributed by atoms with Gasteiger partial charge in [-0.25, -0.2) is 0 Å². The van der Waals surface area contributed by atoms with Crippen LogP contribution < -0.4 is 5.32 Å². The molecule has 1 N–H and O–H groups in total. The highest BCUT2D eigenvalue weighted by Crippen LogP contribution is 2.23. The lowest BCUT2D eigenvalue weighted by Gasteiger charge is -2.20. The second-order valence-electron chi connectivity index (χ2n) is 7.59. The first-order chi connectivity index (χ1) is 14.0. The van der Waals surface area contributed by atoms with Gasteiger partial charge >= 0.3 is 0 Å². The highest BCUT2D eigenvalue weighted by Gasteiger charge is 2.25. The van der Waals surface area contributed by atoms with Gasteiger partial charge in [0.25, 0.3) is 0 Å². The van der Waals surface area contributed by atoms with Crippen LogP contribution in [0.25, 0.3) is 10.8 Å². The summed E-state index contributed by atoms with van der Waals surface area (Å²) in [6, 6.07) is 22.8. The largest absolute Gasteiger partial charge is 0.326 e. The van der Waals surface area contributed by atoms with E-state index in [1.165, 1.54) is 0 Å². The van der Waals surface area contributed by atoms with E-state index in [2.05, 4.69) is 11.4 Å². The lowest BCUT2D eigenvalue weighted by atomic mass is 9.87. The molecule has 0 aliphatic rings. The van der Waals surface area contributed by atoms with Crippen molar-refractivity contribution in [2.45, 2.75) is 26.7 Å². The molecular weight excluding hydrogens is 360 g/mol. The maximum absolute atomic E-state index is 12.8. The first-order valence-electron chi connectivity index (χ1n) is 9.77. The molecule has 0 aliphatic carbocycles. The molecule has 1 unspecified atom stereocenters. The second-order valence-corrected chi connectivity index (χ2v) is 7.59. The van der Waals surface area contributed by atoms with Gasteiger partial charge in [-0.2, -0.15) is 5.26 Å². The van der Waals surface area contributed by atoms with Gasteiger partial charge in [0.2, 0.25) is 5.91 Å². The first-order valence-corrected chi connectivity index (χ1v) is 9.77. The second kappa shape index (κ2) is 9.16. The normalized spacial score (nSPS) is 11.8. The van der Waals surface area contributed by atoms with Crippen LogP contribution in [0, 0.1) is 23.2 Å². The smallest absolute Gasteiger partial charge is 0.228 e. The van der Waals surface area contributed by atoms with Crippen molar-refractivity contribution < 1.29 is 9.59 Å². The Balaban J connectivity index is 1.71. The Morgan fingerprint density at radius 1 is 1.00 bits per heavy atom. The van der Waals surface area contributed by atoms with Crippen LogP contribution in [-0.4, -0.2) is 11.7 Å². The van der Waals surface area contributed by atoms with Crippen LogP contribution in [0.5, 0.6) is 0 Å². The van der Waals surface area contributed by atoms with Gasteiger partial charge < -0.3 is 5.32 Å². The number of Topliss-reactive ketones (excluding diaryl/α,β-unsaturated/α-hetero) is 1. The predicted molar refractivity (Wildman–Crippen MR) is 115 cm³/mol. The highest BCUT2D eigenvalue weighted by atomic mass is 16.2. The number of fused-ring (bicyclic) bond motifs is 1. The Hall–Kier alpha value is -3.45. The molecule has 3 aromatic carbocycles. The molecule has 146 valence electrons. The number of carbonyl (C=O) groups is 2. The minimum Gasteiger partial charge on any atom is -0.326 e. The number of anilines is 1. The van der Waals surface area contributed by atoms with Crippen LogP contribution in [0.4, 0.5) is 5.69 Å². The maximum Gasteiger partial charge on any atom is 0.228 e. The third-order valence-corrected chi connectivity index (χ3v) is 5.12. The standard InChI is InChI=1S/C25H24N2O2/c1-17(2)24(25(29)27-21-11-5-7-18(13-21)16-26)15-22(28)14-20-10-6-9-19-8-3-4-12-23(19)20/h3-13,17,24H,14-15H2,1-2H3,(H,27,29). The number of benzene rings is 3. The van der Waals surface area contributed by atoms with Crippen molar-refractivity contribution in [2.75, 3.05) is 5.32 Å². The number of hydrogen-bond acceptors (Lipinski definition) is 3. The minimum absolute atomic E-state index is 0.0191. The predicted octanol–water partition coefficient (Wildman–Crippen LogP) is 5.12. The lowest BCUT2D eigenvalue weighted by Crippen LogP contribution is -2.29. The zero-order valence-electron chi connectivity index (χ0n) is 16.7. The van der Waals surface area contributed by atoms with Crippen LogP contribution in [0.1, 0.15) is 31.4 Å². The van der Waals surface area contributed by atoms with Gasteiger partial charge in [-0.05, 0) is 40.5 Å². The number of ketones is 1. The average Bonchev–Trinajstić information content (AvgIpc) is 2.72. The number of nitrogens with zero attached hydrogens (tertiary/aromatic N) is 1. The van der Waals surface area contributed by atoms with E-state index in [1.807, 2.05) is 56.3 Å². The zero-order chi connectivity index (χ0) is 20.8. The molecule has 0 saturated heterocycles. The van der Waals surface area contributed by atoms with E-state index in [0.29, 0.717) is 17.7 Å². The molecule has 1 atom stereocenters. The van der Waals surface area contributed by atoms with E-state index >= 15 is 0 Å². The van der Waals surface area contributed by atoms with Gasteiger partial charge in [0.05, 0.1) is 11.6 Å². The summed E-state index contributed by atoms with van der Waals surface area (Å²) in [5, 5.41) is 14.1. The molecule has 0 bridgehead atoms. The van der Waals surface area contributed by atoms with Gasteiger partial charge in [-0.15, -0.1) is 0 Å². The molecule has 0 aliphatic heterocycles. The molecule has 0 radical (unpaired) electrons. The van der Waals surface area contributed by atoms with Gasteiger partial charge in [0.15, 0.2) is 0 Å². The van der Waals surface area contributed by atoms with E-state index in [1.54, 1.807) is 24.3 Å². The topological polar surface area (TPSA) is 70.0 Å². The summed E-state index contributed by atoms with van der Waals surface area (Å²) in [6.07, 6.45) is 0.492. The number of nitrogens with one attached hydrogen (secondary N) is 1. The lowest BCUT2D eigenvalue weighted by molar-refractivity contribution is -0.127. The quantitative estimate of drug-likeness (QED) is 0.614. The summed E-state index contributed by atoms with van der Waals surface area (Å²) < 4.78 is 0. The van der Waals surface area contributed by atoms with Crippen molar-refractivity contribution in [3.8, 4) is 6.07 Å². The fourth-order valence-electron chi connectivity index (χ4n) is 3.51. The minimum atomic E-state index is -0.428. The SMILES string of the molecule is CC(C)C(CC(=O)Cc1cccc2ccccc12)C(=O)Nc1cccc(C#N)c1. The number of carbonyl (C=O) groups excluding carboxylic acids is 2. The molecule has 3 rings (SSSR count). The van der Waals surface area contributed by atoms with E-state index in [9.17, 15) is 9.59 Å². The Bertz CT molecular complexity index is 1070. The Morgan fingerprint density at radius 3 is 2.48 bits per heavy atom. The molecule has 0 saturated carbocycles. The highest BCUT2D eigenvalue weighted by molar-refractivity contribution is 5.97. The van der Waals surface area contributed by atoms with Crippen molar-refractivity contribution in [1.82, 2.24) is 0 Å². The molecular formula is C25H24N2O2. The fraction of sp³-hybridized carbons (Fsp3) is 0.240. The Kier molecular flexibility index (Phi) is 6.41. The molecule has 4 nitrogen and oxygen atoms in total.